The molecule has 2 aromatic rings. The average molecular weight is 427 g/mol. The zero-order valence-corrected chi connectivity index (χ0v) is 17.3. The number of phenolic OH excluding ortho intramolecular Hbond substituents is 1. The van der Waals surface area contributed by atoms with Gasteiger partial charge in [0.1, 0.15) is 18.1 Å². The van der Waals surface area contributed by atoms with E-state index in [1.807, 2.05) is 0 Å². The van der Waals surface area contributed by atoms with Gasteiger partial charge in [0.25, 0.3) is 5.91 Å². The summed E-state index contributed by atoms with van der Waals surface area (Å²) < 4.78 is 16.3. The molecule has 1 heterocycles. The number of aromatic hydroxyl groups is 1. The van der Waals surface area contributed by atoms with Crippen molar-refractivity contribution in [1.29, 1.82) is 0 Å². The molecule has 164 valence electrons. The molecule has 0 aliphatic carbocycles. The summed E-state index contributed by atoms with van der Waals surface area (Å²) in [5.41, 5.74) is 1.07. The molecule has 1 fully saturated rings. The Morgan fingerprint density at radius 1 is 1.23 bits per heavy atom. The Kier molecular flexibility index (Phi) is 7.61. The molecule has 0 bridgehead atoms. The number of carbonyl (C=O) groups excluding carboxylic acids is 3. The second-order valence-electron chi connectivity index (χ2n) is 6.98. The standard InChI is InChI=1S/C23H25NO7/c1-2-30-22(27)12-16-6-3-4-7-18(16)23(28)24-10-11-29-14-17(24)15-31-21-9-5-8-20(26)19(21)13-25/h3-9,13,17,26H,2,10-12,14-15H2,1H3/t17-/m0/s1. The van der Waals surface area contributed by atoms with E-state index in [4.69, 9.17) is 14.2 Å². The van der Waals surface area contributed by atoms with E-state index in [0.29, 0.717) is 30.6 Å². The fourth-order valence-corrected chi connectivity index (χ4v) is 3.43. The highest BCUT2D eigenvalue weighted by molar-refractivity contribution is 5.97. The van der Waals surface area contributed by atoms with E-state index in [1.165, 1.54) is 6.07 Å². The van der Waals surface area contributed by atoms with Crippen molar-refractivity contribution in [3.63, 3.8) is 0 Å². The fourth-order valence-electron chi connectivity index (χ4n) is 3.43. The minimum absolute atomic E-state index is 0.00719. The smallest absolute Gasteiger partial charge is 0.310 e. The molecule has 1 saturated heterocycles. The van der Waals surface area contributed by atoms with Gasteiger partial charge in [0.2, 0.25) is 0 Å². The van der Waals surface area contributed by atoms with Crippen LogP contribution in [0.4, 0.5) is 0 Å². The minimum Gasteiger partial charge on any atom is -0.507 e. The van der Waals surface area contributed by atoms with E-state index in [0.717, 1.165) is 0 Å². The van der Waals surface area contributed by atoms with Gasteiger partial charge in [0, 0.05) is 12.1 Å². The lowest BCUT2D eigenvalue weighted by atomic mass is 10.0. The lowest BCUT2D eigenvalue weighted by Gasteiger charge is -2.36. The molecule has 1 atom stereocenters. The van der Waals surface area contributed by atoms with E-state index in [2.05, 4.69) is 0 Å². The first-order valence-corrected chi connectivity index (χ1v) is 10.1. The third-order valence-corrected chi connectivity index (χ3v) is 4.97. The predicted octanol–water partition coefficient (Wildman–Crippen LogP) is 2.23. The number of esters is 1. The lowest BCUT2D eigenvalue weighted by molar-refractivity contribution is -0.142. The molecule has 1 N–H and O–H groups in total. The molecule has 0 unspecified atom stereocenters. The summed E-state index contributed by atoms with van der Waals surface area (Å²) in [7, 11) is 0. The first kappa shape index (κ1) is 22.3. The van der Waals surface area contributed by atoms with E-state index < -0.39 is 12.0 Å². The third kappa shape index (κ3) is 5.40. The normalized spacial score (nSPS) is 15.9. The van der Waals surface area contributed by atoms with Gasteiger partial charge in [-0.05, 0) is 30.7 Å². The second-order valence-corrected chi connectivity index (χ2v) is 6.98. The second kappa shape index (κ2) is 10.6. The number of morpholine rings is 1. The molecule has 8 nitrogen and oxygen atoms in total. The van der Waals surface area contributed by atoms with Crippen molar-refractivity contribution in [3.05, 3.63) is 59.2 Å². The molecule has 0 saturated carbocycles. The Hall–Kier alpha value is -3.39. The van der Waals surface area contributed by atoms with Crippen LogP contribution in [0.25, 0.3) is 0 Å². The number of benzene rings is 2. The van der Waals surface area contributed by atoms with Gasteiger partial charge < -0.3 is 24.2 Å². The number of hydrogen-bond acceptors (Lipinski definition) is 7. The van der Waals surface area contributed by atoms with Gasteiger partial charge in [0.15, 0.2) is 6.29 Å². The first-order valence-electron chi connectivity index (χ1n) is 10.1. The first-order chi connectivity index (χ1) is 15.0. The molecule has 1 aliphatic rings. The lowest BCUT2D eigenvalue weighted by Crippen LogP contribution is -2.51. The summed E-state index contributed by atoms with van der Waals surface area (Å²) in [5.74, 6) is -0.567. The number of rotatable bonds is 8. The Morgan fingerprint density at radius 3 is 2.81 bits per heavy atom. The van der Waals surface area contributed by atoms with Crippen LogP contribution in [0.5, 0.6) is 11.5 Å². The molecule has 0 aromatic heterocycles. The molecule has 1 aliphatic heterocycles. The van der Waals surface area contributed by atoms with Gasteiger partial charge in [-0.1, -0.05) is 24.3 Å². The molecule has 8 heteroatoms. The Balaban J connectivity index is 1.77. The summed E-state index contributed by atoms with van der Waals surface area (Å²) in [6.45, 7) is 3.09. The van der Waals surface area contributed by atoms with Gasteiger partial charge in [-0.15, -0.1) is 0 Å². The third-order valence-electron chi connectivity index (χ3n) is 4.97. The number of amides is 1. The SMILES string of the molecule is CCOC(=O)Cc1ccccc1C(=O)N1CCOC[C@H]1COc1cccc(O)c1C=O. The van der Waals surface area contributed by atoms with Crippen LogP contribution in [-0.2, 0) is 20.7 Å². The quantitative estimate of drug-likeness (QED) is 0.509. The van der Waals surface area contributed by atoms with Crippen molar-refractivity contribution in [1.82, 2.24) is 4.90 Å². The Labute approximate surface area is 180 Å². The number of nitrogens with zero attached hydrogens (tertiary/aromatic N) is 1. The maximum Gasteiger partial charge on any atom is 0.310 e. The van der Waals surface area contributed by atoms with Crippen LogP contribution in [0.2, 0.25) is 0 Å². The van der Waals surface area contributed by atoms with E-state index in [1.54, 1.807) is 48.2 Å². The van der Waals surface area contributed by atoms with E-state index >= 15 is 0 Å². The average Bonchev–Trinajstić information content (AvgIpc) is 2.78. The van der Waals surface area contributed by atoms with Crippen molar-refractivity contribution in [3.8, 4) is 11.5 Å². The maximum absolute atomic E-state index is 13.3. The zero-order chi connectivity index (χ0) is 22.2. The molecule has 3 rings (SSSR count). The molecule has 0 radical (unpaired) electrons. The van der Waals surface area contributed by atoms with Gasteiger partial charge >= 0.3 is 5.97 Å². The van der Waals surface area contributed by atoms with Crippen molar-refractivity contribution in [2.45, 2.75) is 19.4 Å². The topological polar surface area (TPSA) is 102 Å². The maximum atomic E-state index is 13.3. The van der Waals surface area contributed by atoms with Crippen LogP contribution < -0.4 is 4.74 Å². The molecular weight excluding hydrogens is 402 g/mol. The van der Waals surface area contributed by atoms with Crippen molar-refractivity contribution in [2.75, 3.05) is 33.0 Å². The van der Waals surface area contributed by atoms with Crippen LogP contribution in [0.3, 0.4) is 0 Å². The van der Waals surface area contributed by atoms with Crippen molar-refractivity contribution in [2.24, 2.45) is 0 Å². The van der Waals surface area contributed by atoms with Crippen LogP contribution in [0, 0.1) is 0 Å². The number of carbonyl (C=O) groups is 3. The molecule has 1 amide bonds. The highest BCUT2D eigenvalue weighted by Crippen LogP contribution is 2.26. The zero-order valence-electron chi connectivity index (χ0n) is 17.3. The van der Waals surface area contributed by atoms with Crippen LogP contribution in [0.15, 0.2) is 42.5 Å². The Morgan fingerprint density at radius 2 is 2.03 bits per heavy atom. The summed E-state index contributed by atoms with van der Waals surface area (Å²) >= 11 is 0. The van der Waals surface area contributed by atoms with Gasteiger partial charge in [-0.2, -0.15) is 0 Å². The molecule has 2 aromatic carbocycles. The highest BCUT2D eigenvalue weighted by atomic mass is 16.5. The summed E-state index contributed by atoms with van der Waals surface area (Å²) in [5, 5.41) is 9.82. The summed E-state index contributed by atoms with van der Waals surface area (Å²) in [6.07, 6.45) is 0.532. The van der Waals surface area contributed by atoms with Crippen LogP contribution >= 0.6 is 0 Å². The van der Waals surface area contributed by atoms with Crippen LogP contribution in [-0.4, -0.2) is 67.2 Å². The number of hydrogen-bond donors (Lipinski definition) is 1. The minimum atomic E-state index is -0.404. The van der Waals surface area contributed by atoms with Crippen molar-refractivity contribution >= 4 is 18.2 Å². The number of aldehydes is 1. The number of phenols is 1. The largest absolute Gasteiger partial charge is 0.507 e. The highest BCUT2D eigenvalue weighted by Gasteiger charge is 2.30. The predicted molar refractivity (Wildman–Crippen MR) is 111 cm³/mol. The monoisotopic (exact) mass is 427 g/mol. The molecule has 0 spiro atoms. The number of ether oxygens (including phenoxy) is 3. The Bertz CT molecular complexity index is 943. The summed E-state index contributed by atoms with van der Waals surface area (Å²) in [4.78, 5) is 38.2. The van der Waals surface area contributed by atoms with Gasteiger partial charge in [0.05, 0.1) is 37.8 Å². The van der Waals surface area contributed by atoms with Crippen molar-refractivity contribution < 1.29 is 33.7 Å². The van der Waals surface area contributed by atoms with Gasteiger partial charge in [-0.25, -0.2) is 0 Å². The van der Waals surface area contributed by atoms with Crippen LogP contribution in [0.1, 0.15) is 33.2 Å². The molecule has 31 heavy (non-hydrogen) atoms. The fraction of sp³-hybridized carbons (Fsp3) is 0.348. The van der Waals surface area contributed by atoms with Gasteiger partial charge in [-0.3, -0.25) is 14.4 Å². The van der Waals surface area contributed by atoms with E-state index in [9.17, 15) is 19.5 Å². The summed E-state index contributed by atoms with van der Waals surface area (Å²) in [6, 6.07) is 11.1. The van der Waals surface area contributed by atoms with E-state index in [-0.39, 0.29) is 49.2 Å². The molecular formula is C23H25NO7.